The van der Waals surface area contributed by atoms with Crippen molar-refractivity contribution in [2.24, 2.45) is 0 Å². The zero-order valence-corrected chi connectivity index (χ0v) is 10.3. The molecule has 1 aliphatic rings. The summed E-state index contributed by atoms with van der Waals surface area (Å²) in [7, 11) is 0. The molecule has 0 bridgehead atoms. The molecular weight excluding hydrogens is 198 g/mol. The number of hydrogen-bond donors (Lipinski definition) is 1. The van der Waals surface area contributed by atoms with Crippen molar-refractivity contribution in [3.8, 4) is 0 Å². The van der Waals surface area contributed by atoms with Gasteiger partial charge in [-0.15, -0.1) is 0 Å². The van der Waals surface area contributed by atoms with Crippen molar-refractivity contribution in [2.75, 3.05) is 24.3 Å². The lowest BCUT2D eigenvalue weighted by Gasteiger charge is -2.18. The van der Waals surface area contributed by atoms with Crippen LogP contribution in [0.2, 0.25) is 0 Å². The molecule has 0 heterocycles. The van der Waals surface area contributed by atoms with E-state index in [-0.39, 0.29) is 0 Å². The molecule has 0 aromatic carbocycles. The highest BCUT2D eigenvalue weighted by Crippen LogP contribution is 2.28. The molecular formula is C10H21NS2. The third-order valence-corrected chi connectivity index (χ3v) is 4.68. The van der Waals surface area contributed by atoms with Crippen molar-refractivity contribution < 1.29 is 0 Å². The second-order valence-corrected chi connectivity index (χ2v) is 5.93. The van der Waals surface area contributed by atoms with Crippen LogP contribution >= 0.6 is 23.5 Å². The number of thioether (sulfide) groups is 2. The molecule has 2 atom stereocenters. The maximum absolute atomic E-state index is 3.68. The van der Waals surface area contributed by atoms with E-state index < -0.39 is 0 Å². The van der Waals surface area contributed by atoms with Gasteiger partial charge in [-0.2, -0.15) is 23.5 Å². The van der Waals surface area contributed by atoms with Crippen LogP contribution in [0.5, 0.6) is 0 Å². The van der Waals surface area contributed by atoms with E-state index >= 15 is 0 Å². The summed E-state index contributed by atoms with van der Waals surface area (Å²) >= 11 is 4.07. The molecule has 1 saturated carbocycles. The fourth-order valence-electron chi connectivity index (χ4n) is 1.90. The zero-order chi connectivity index (χ0) is 9.52. The van der Waals surface area contributed by atoms with E-state index in [9.17, 15) is 0 Å². The monoisotopic (exact) mass is 219 g/mol. The smallest absolute Gasteiger partial charge is 0.0198 e. The Hall–Kier alpha value is 0.660. The van der Waals surface area contributed by atoms with Crippen LogP contribution in [0.3, 0.4) is 0 Å². The number of rotatable bonds is 6. The fraction of sp³-hybridized carbons (Fsp3) is 1.00. The van der Waals surface area contributed by atoms with Crippen LogP contribution in [0.1, 0.15) is 26.2 Å². The topological polar surface area (TPSA) is 12.0 Å². The average Bonchev–Trinajstić information content (AvgIpc) is 2.60. The van der Waals surface area contributed by atoms with Crippen LogP contribution < -0.4 is 5.32 Å². The second kappa shape index (κ2) is 7.02. The normalized spacial score (nSPS) is 28.2. The molecule has 0 radical (unpaired) electrons. The predicted octanol–water partition coefficient (Wildman–Crippen LogP) is 2.61. The number of nitrogens with one attached hydrogen (secondary N) is 1. The molecule has 1 nitrogen and oxygen atoms in total. The van der Waals surface area contributed by atoms with Crippen molar-refractivity contribution >= 4 is 23.5 Å². The Morgan fingerprint density at radius 2 is 2.23 bits per heavy atom. The number of hydrogen-bond acceptors (Lipinski definition) is 3. The fourth-order valence-corrected chi connectivity index (χ4v) is 3.42. The summed E-state index contributed by atoms with van der Waals surface area (Å²) < 4.78 is 0. The molecule has 1 aliphatic carbocycles. The Morgan fingerprint density at radius 1 is 1.38 bits per heavy atom. The van der Waals surface area contributed by atoms with E-state index in [4.69, 9.17) is 0 Å². The van der Waals surface area contributed by atoms with Gasteiger partial charge in [0.2, 0.25) is 0 Å². The summed E-state index contributed by atoms with van der Waals surface area (Å²) in [6.07, 6.45) is 6.47. The lowest BCUT2D eigenvalue weighted by molar-refractivity contribution is 0.554. The quantitative estimate of drug-likeness (QED) is 0.690. The van der Waals surface area contributed by atoms with Gasteiger partial charge in [-0.1, -0.05) is 13.3 Å². The van der Waals surface area contributed by atoms with Gasteiger partial charge in [0, 0.05) is 23.6 Å². The van der Waals surface area contributed by atoms with Gasteiger partial charge in [0.15, 0.2) is 0 Å². The maximum Gasteiger partial charge on any atom is 0.0198 e. The summed E-state index contributed by atoms with van der Waals surface area (Å²) in [6, 6.07) is 0.799. The summed E-state index contributed by atoms with van der Waals surface area (Å²) in [5.41, 5.74) is 0. The summed E-state index contributed by atoms with van der Waals surface area (Å²) in [5, 5.41) is 4.56. The van der Waals surface area contributed by atoms with Crippen LogP contribution in [0.25, 0.3) is 0 Å². The predicted molar refractivity (Wildman–Crippen MR) is 65.9 cm³/mol. The molecule has 0 aromatic heterocycles. The van der Waals surface area contributed by atoms with E-state index in [0.717, 1.165) is 11.3 Å². The maximum atomic E-state index is 3.68. The SMILES string of the molecule is CCSCCNC1CCCC1SC. The van der Waals surface area contributed by atoms with Crippen LogP contribution in [0, 0.1) is 0 Å². The standard InChI is InChI=1S/C10H21NS2/c1-3-13-8-7-11-9-5-4-6-10(9)12-2/h9-11H,3-8H2,1-2H3. The van der Waals surface area contributed by atoms with Crippen molar-refractivity contribution in [3.63, 3.8) is 0 Å². The van der Waals surface area contributed by atoms with Gasteiger partial charge < -0.3 is 5.32 Å². The van der Waals surface area contributed by atoms with Crippen molar-refractivity contribution in [1.82, 2.24) is 5.32 Å². The van der Waals surface area contributed by atoms with Gasteiger partial charge in [0.1, 0.15) is 0 Å². The molecule has 78 valence electrons. The van der Waals surface area contributed by atoms with Crippen molar-refractivity contribution in [3.05, 3.63) is 0 Å². The minimum atomic E-state index is 0.799. The third kappa shape index (κ3) is 4.13. The lowest BCUT2D eigenvalue weighted by atomic mass is 10.2. The molecule has 0 aromatic rings. The van der Waals surface area contributed by atoms with Gasteiger partial charge in [-0.3, -0.25) is 0 Å². The average molecular weight is 219 g/mol. The van der Waals surface area contributed by atoms with E-state index in [1.54, 1.807) is 0 Å². The Morgan fingerprint density at radius 3 is 2.92 bits per heavy atom. The summed E-state index contributed by atoms with van der Waals surface area (Å²) in [6.45, 7) is 3.42. The lowest BCUT2D eigenvalue weighted by Crippen LogP contribution is -2.35. The van der Waals surface area contributed by atoms with E-state index in [1.165, 1.54) is 37.3 Å². The molecule has 2 unspecified atom stereocenters. The zero-order valence-electron chi connectivity index (χ0n) is 8.71. The minimum absolute atomic E-state index is 0.799. The molecule has 13 heavy (non-hydrogen) atoms. The van der Waals surface area contributed by atoms with Gasteiger partial charge in [-0.25, -0.2) is 0 Å². The van der Waals surface area contributed by atoms with E-state index in [1.807, 2.05) is 23.5 Å². The van der Waals surface area contributed by atoms with Crippen LogP contribution in [-0.2, 0) is 0 Å². The third-order valence-electron chi connectivity index (χ3n) is 2.61. The Bertz CT molecular complexity index is 130. The van der Waals surface area contributed by atoms with E-state index in [2.05, 4.69) is 18.5 Å². The largest absolute Gasteiger partial charge is 0.312 e. The summed E-state index contributed by atoms with van der Waals surface area (Å²) in [4.78, 5) is 0. The molecule has 0 saturated heterocycles. The van der Waals surface area contributed by atoms with Crippen LogP contribution in [0.15, 0.2) is 0 Å². The first-order valence-electron chi connectivity index (χ1n) is 5.22. The highest BCUT2D eigenvalue weighted by atomic mass is 32.2. The Kier molecular flexibility index (Phi) is 6.33. The molecule has 0 spiro atoms. The van der Waals surface area contributed by atoms with Crippen molar-refractivity contribution in [1.29, 1.82) is 0 Å². The highest BCUT2D eigenvalue weighted by molar-refractivity contribution is 7.99. The van der Waals surface area contributed by atoms with E-state index in [0.29, 0.717) is 0 Å². The second-order valence-electron chi connectivity index (χ2n) is 3.46. The molecule has 1 rings (SSSR count). The molecule has 3 heteroatoms. The molecule has 1 N–H and O–H groups in total. The van der Waals surface area contributed by atoms with Crippen LogP contribution in [0.4, 0.5) is 0 Å². The molecule has 0 aliphatic heterocycles. The van der Waals surface area contributed by atoms with Crippen molar-refractivity contribution in [2.45, 2.75) is 37.5 Å². The van der Waals surface area contributed by atoms with Gasteiger partial charge >= 0.3 is 0 Å². The first-order valence-corrected chi connectivity index (χ1v) is 7.66. The minimum Gasteiger partial charge on any atom is -0.312 e. The highest BCUT2D eigenvalue weighted by Gasteiger charge is 2.25. The van der Waals surface area contributed by atoms with Gasteiger partial charge in [0.05, 0.1) is 0 Å². The molecule has 1 fully saturated rings. The van der Waals surface area contributed by atoms with Gasteiger partial charge in [-0.05, 0) is 24.9 Å². The Labute approximate surface area is 90.8 Å². The summed E-state index contributed by atoms with van der Waals surface area (Å²) in [5.74, 6) is 2.52. The van der Waals surface area contributed by atoms with Crippen LogP contribution in [-0.4, -0.2) is 35.6 Å². The first kappa shape index (κ1) is 11.7. The van der Waals surface area contributed by atoms with Gasteiger partial charge in [0.25, 0.3) is 0 Å². The Balaban J connectivity index is 2.06. The first-order chi connectivity index (χ1) is 6.38. The molecule has 0 amide bonds.